The fourth-order valence-corrected chi connectivity index (χ4v) is 2.55. The molecule has 2 aromatic rings. The maximum Gasteiger partial charge on any atom is 0.139 e. The number of hydrogen-bond acceptors (Lipinski definition) is 3. The maximum absolute atomic E-state index is 5.90. The molecule has 0 spiro atoms. The molecule has 0 saturated heterocycles. The van der Waals surface area contributed by atoms with Gasteiger partial charge < -0.3 is 10.6 Å². The highest BCUT2D eigenvalue weighted by molar-refractivity contribution is 7.80. The SMILES string of the molecule is CCC(C)N(CC)c1nc2ccccc2cc1C(N)=S. The summed E-state index contributed by atoms with van der Waals surface area (Å²) in [4.78, 5) is 7.46. The number of nitrogens with zero attached hydrogens (tertiary/aromatic N) is 2. The van der Waals surface area contributed by atoms with Crippen LogP contribution in [0.15, 0.2) is 30.3 Å². The van der Waals surface area contributed by atoms with Crippen LogP contribution < -0.4 is 10.6 Å². The molecule has 0 fully saturated rings. The molecular weight excluding hydrogens is 266 g/mol. The molecule has 0 aliphatic carbocycles. The van der Waals surface area contributed by atoms with Crippen LogP contribution in [0.3, 0.4) is 0 Å². The standard InChI is InChI=1S/C16H21N3S/c1-4-11(3)19(5-2)16-13(15(17)20)10-12-8-6-7-9-14(12)18-16/h6-11H,4-5H2,1-3H3,(H2,17,20). The summed E-state index contributed by atoms with van der Waals surface area (Å²) in [7, 11) is 0. The van der Waals surface area contributed by atoms with Gasteiger partial charge in [-0.2, -0.15) is 0 Å². The molecule has 1 heterocycles. The van der Waals surface area contributed by atoms with E-state index in [1.165, 1.54) is 0 Å². The zero-order valence-electron chi connectivity index (χ0n) is 12.3. The van der Waals surface area contributed by atoms with Gasteiger partial charge >= 0.3 is 0 Å². The zero-order chi connectivity index (χ0) is 14.7. The second kappa shape index (κ2) is 6.18. The quantitative estimate of drug-likeness (QED) is 0.855. The number of rotatable bonds is 5. The smallest absolute Gasteiger partial charge is 0.139 e. The van der Waals surface area contributed by atoms with Crippen LogP contribution in [-0.2, 0) is 0 Å². The van der Waals surface area contributed by atoms with Gasteiger partial charge in [-0.1, -0.05) is 37.3 Å². The first-order valence-corrected chi connectivity index (χ1v) is 7.45. The molecular formula is C16H21N3S. The van der Waals surface area contributed by atoms with Crippen LogP contribution in [0.4, 0.5) is 5.82 Å². The van der Waals surface area contributed by atoms with Crippen molar-refractivity contribution < 1.29 is 0 Å². The van der Waals surface area contributed by atoms with E-state index in [4.69, 9.17) is 22.9 Å². The van der Waals surface area contributed by atoms with Gasteiger partial charge in [0.2, 0.25) is 0 Å². The molecule has 1 unspecified atom stereocenters. The Morgan fingerprint density at radius 1 is 1.35 bits per heavy atom. The number of fused-ring (bicyclic) bond motifs is 1. The molecule has 2 N–H and O–H groups in total. The average Bonchev–Trinajstić information content (AvgIpc) is 2.46. The van der Waals surface area contributed by atoms with Gasteiger partial charge in [0.15, 0.2) is 0 Å². The first-order valence-electron chi connectivity index (χ1n) is 7.04. The lowest BCUT2D eigenvalue weighted by Gasteiger charge is -2.30. The van der Waals surface area contributed by atoms with Gasteiger partial charge in [0.05, 0.1) is 11.1 Å². The molecule has 1 aromatic carbocycles. The van der Waals surface area contributed by atoms with Gasteiger partial charge in [-0.3, -0.25) is 0 Å². The Morgan fingerprint density at radius 3 is 2.65 bits per heavy atom. The Kier molecular flexibility index (Phi) is 4.55. The highest BCUT2D eigenvalue weighted by atomic mass is 32.1. The van der Waals surface area contributed by atoms with E-state index < -0.39 is 0 Å². The van der Waals surface area contributed by atoms with E-state index in [2.05, 4.69) is 25.7 Å². The molecule has 0 aliphatic heterocycles. The summed E-state index contributed by atoms with van der Waals surface area (Å²) in [6, 6.07) is 10.5. The zero-order valence-corrected chi connectivity index (χ0v) is 13.1. The van der Waals surface area contributed by atoms with Crippen molar-refractivity contribution in [1.29, 1.82) is 0 Å². The molecule has 20 heavy (non-hydrogen) atoms. The number of hydrogen-bond donors (Lipinski definition) is 1. The first-order chi connectivity index (χ1) is 9.58. The summed E-state index contributed by atoms with van der Waals surface area (Å²) in [5.74, 6) is 0.896. The van der Waals surface area contributed by atoms with Gasteiger partial charge in [0.25, 0.3) is 0 Å². The Bertz CT molecular complexity index is 624. The van der Waals surface area contributed by atoms with Crippen LogP contribution in [0.2, 0.25) is 0 Å². The number of para-hydroxylation sites is 1. The summed E-state index contributed by atoms with van der Waals surface area (Å²) >= 11 is 5.21. The van der Waals surface area contributed by atoms with E-state index in [1.54, 1.807) is 0 Å². The van der Waals surface area contributed by atoms with Crippen LogP contribution in [-0.4, -0.2) is 22.6 Å². The summed E-state index contributed by atoms with van der Waals surface area (Å²) in [6.07, 6.45) is 1.05. The lowest BCUT2D eigenvalue weighted by Crippen LogP contribution is -2.35. The third-order valence-electron chi connectivity index (χ3n) is 3.70. The van der Waals surface area contributed by atoms with Crippen molar-refractivity contribution in [3.05, 3.63) is 35.9 Å². The number of anilines is 1. The van der Waals surface area contributed by atoms with Gasteiger partial charge in [-0.05, 0) is 32.4 Å². The molecule has 0 radical (unpaired) electrons. The monoisotopic (exact) mass is 287 g/mol. The Morgan fingerprint density at radius 2 is 2.05 bits per heavy atom. The minimum absolute atomic E-state index is 0.403. The van der Waals surface area contributed by atoms with Crippen LogP contribution in [0.1, 0.15) is 32.8 Å². The number of thiocarbonyl (C=S) groups is 1. The Hall–Kier alpha value is -1.68. The highest BCUT2D eigenvalue weighted by Crippen LogP contribution is 2.25. The number of pyridine rings is 1. The third kappa shape index (κ3) is 2.75. The van der Waals surface area contributed by atoms with Crippen LogP contribution >= 0.6 is 12.2 Å². The van der Waals surface area contributed by atoms with Gasteiger partial charge in [0.1, 0.15) is 10.8 Å². The molecule has 0 saturated carbocycles. The van der Waals surface area contributed by atoms with E-state index in [0.717, 1.165) is 35.2 Å². The van der Waals surface area contributed by atoms with E-state index in [9.17, 15) is 0 Å². The topological polar surface area (TPSA) is 42.2 Å². The van der Waals surface area contributed by atoms with Crippen LogP contribution in [0.5, 0.6) is 0 Å². The minimum Gasteiger partial charge on any atom is -0.389 e. The fraction of sp³-hybridized carbons (Fsp3) is 0.375. The fourth-order valence-electron chi connectivity index (χ4n) is 2.40. The van der Waals surface area contributed by atoms with E-state index in [-0.39, 0.29) is 0 Å². The minimum atomic E-state index is 0.403. The van der Waals surface area contributed by atoms with Crippen molar-refractivity contribution >= 4 is 33.9 Å². The van der Waals surface area contributed by atoms with Gasteiger partial charge in [-0.15, -0.1) is 0 Å². The number of aromatic nitrogens is 1. The third-order valence-corrected chi connectivity index (χ3v) is 3.92. The van der Waals surface area contributed by atoms with Crippen molar-refractivity contribution in [3.63, 3.8) is 0 Å². The van der Waals surface area contributed by atoms with Crippen molar-refractivity contribution in [1.82, 2.24) is 4.98 Å². The molecule has 0 amide bonds. The lowest BCUT2D eigenvalue weighted by molar-refractivity contribution is 0.623. The second-order valence-corrected chi connectivity index (χ2v) is 5.40. The van der Waals surface area contributed by atoms with E-state index >= 15 is 0 Å². The number of nitrogens with two attached hydrogens (primary N) is 1. The van der Waals surface area contributed by atoms with Gasteiger partial charge in [0, 0.05) is 18.0 Å². The first kappa shape index (κ1) is 14.7. The summed E-state index contributed by atoms with van der Waals surface area (Å²) < 4.78 is 0. The lowest BCUT2D eigenvalue weighted by atomic mass is 10.1. The van der Waals surface area contributed by atoms with Crippen molar-refractivity contribution in [2.24, 2.45) is 5.73 Å². The van der Waals surface area contributed by atoms with E-state index in [1.807, 2.05) is 30.3 Å². The van der Waals surface area contributed by atoms with Crippen LogP contribution in [0, 0.1) is 0 Å². The Balaban J connectivity index is 2.65. The molecule has 3 nitrogen and oxygen atoms in total. The molecule has 106 valence electrons. The molecule has 1 atom stereocenters. The van der Waals surface area contributed by atoms with Gasteiger partial charge in [-0.25, -0.2) is 4.98 Å². The molecule has 0 aliphatic rings. The summed E-state index contributed by atoms with van der Waals surface area (Å²) in [6.45, 7) is 7.39. The number of benzene rings is 1. The normalized spacial score (nSPS) is 12.3. The van der Waals surface area contributed by atoms with Crippen molar-refractivity contribution in [2.45, 2.75) is 33.2 Å². The van der Waals surface area contributed by atoms with E-state index in [0.29, 0.717) is 11.0 Å². The maximum atomic E-state index is 5.90. The summed E-state index contributed by atoms with van der Waals surface area (Å²) in [5, 5.41) is 1.07. The molecule has 2 rings (SSSR count). The summed E-state index contributed by atoms with van der Waals surface area (Å²) in [5.41, 5.74) is 7.74. The molecule has 0 bridgehead atoms. The molecule has 1 aromatic heterocycles. The van der Waals surface area contributed by atoms with Crippen LogP contribution in [0.25, 0.3) is 10.9 Å². The predicted molar refractivity (Wildman–Crippen MR) is 90.4 cm³/mol. The molecule has 4 heteroatoms. The second-order valence-electron chi connectivity index (χ2n) is 4.96. The van der Waals surface area contributed by atoms with Crippen molar-refractivity contribution in [3.8, 4) is 0 Å². The highest BCUT2D eigenvalue weighted by Gasteiger charge is 2.18. The average molecular weight is 287 g/mol. The van der Waals surface area contributed by atoms with Crippen molar-refractivity contribution in [2.75, 3.05) is 11.4 Å². The Labute approximate surface area is 125 Å². The largest absolute Gasteiger partial charge is 0.389 e. The predicted octanol–water partition coefficient (Wildman–Crippen LogP) is 3.49.